The molecular formula is C7H8BrF2Zn-. The Labute approximate surface area is 84.5 Å². The minimum atomic E-state index is -2.88. The zero-order valence-corrected chi connectivity index (χ0v) is 10.6. The predicted octanol–water partition coefficient (Wildman–Crippen LogP) is 3.28. The summed E-state index contributed by atoms with van der Waals surface area (Å²) in [7, 11) is 0. The monoisotopic (exact) mass is 273 g/mol. The molecule has 0 spiro atoms. The van der Waals surface area contributed by atoms with Crippen LogP contribution in [0, 0.1) is 6.92 Å². The summed E-state index contributed by atoms with van der Waals surface area (Å²) in [6.07, 6.45) is 0. The van der Waals surface area contributed by atoms with Gasteiger partial charge < -0.3 is 0 Å². The maximum atomic E-state index is 9.81. The van der Waals surface area contributed by atoms with Crippen LogP contribution in [-0.4, -0.2) is 0 Å². The number of benzene rings is 1. The molecular weight excluding hydrogens is 267 g/mol. The van der Waals surface area contributed by atoms with Crippen LogP contribution in [0.25, 0.3) is 0 Å². The molecule has 0 nitrogen and oxygen atoms in total. The van der Waals surface area contributed by atoms with Gasteiger partial charge in [-0.05, 0) is 0 Å². The van der Waals surface area contributed by atoms with E-state index in [1.165, 1.54) is 0 Å². The molecule has 1 rings (SSSR count). The fourth-order valence-electron chi connectivity index (χ4n) is 0.478. The van der Waals surface area contributed by atoms with E-state index in [0.29, 0.717) is 0 Å². The fraction of sp³-hybridized carbons (Fsp3) is 0. The molecule has 0 N–H and O–H groups in total. The first-order valence-corrected chi connectivity index (χ1v) is 5.04. The number of hydrogen-bond donors (Lipinski definition) is 0. The van der Waals surface area contributed by atoms with Crippen molar-refractivity contribution in [2.75, 3.05) is 0 Å². The molecule has 0 aliphatic rings. The fourth-order valence-corrected chi connectivity index (χ4v) is 0.478. The van der Waals surface area contributed by atoms with Crippen molar-refractivity contribution in [2.24, 2.45) is 0 Å². The van der Waals surface area contributed by atoms with E-state index in [0.717, 1.165) is 5.56 Å². The van der Waals surface area contributed by atoms with E-state index >= 15 is 0 Å². The van der Waals surface area contributed by atoms with Crippen molar-refractivity contribution < 1.29 is 24.8 Å². The first kappa shape index (κ1) is 13.6. The molecule has 0 saturated heterocycles. The average Bonchev–Trinajstić information content (AvgIpc) is 1.91. The van der Waals surface area contributed by atoms with Crippen LogP contribution in [0.4, 0.5) is 6.63 Å². The molecule has 4 heteroatoms. The molecule has 1 aromatic rings. The second kappa shape index (κ2) is 10.1. The van der Waals surface area contributed by atoms with Gasteiger partial charge in [0.25, 0.3) is 0 Å². The molecule has 0 unspecified atom stereocenters. The van der Waals surface area contributed by atoms with Gasteiger partial charge in [0.15, 0.2) is 0 Å². The Morgan fingerprint density at radius 3 is 1.64 bits per heavy atom. The Hall–Kier alpha value is 0.0534. The van der Waals surface area contributed by atoms with Crippen molar-refractivity contribution in [1.29, 1.82) is 0 Å². The van der Waals surface area contributed by atoms with E-state index in [2.05, 4.69) is 6.92 Å². The third-order valence-electron chi connectivity index (χ3n) is 0.843. The summed E-state index contributed by atoms with van der Waals surface area (Å²) < 4.78 is 19.6. The second-order valence-electron chi connectivity index (χ2n) is 1.59. The quantitative estimate of drug-likeness (QED) is 0.503. The van der Waals surface area contributed by atoms with Crippen molar-refractivity contribution in [3.05, 3.63) is 42.8 Å². The van der Waals surface area contributed by atoms with E-state index in [4.69, 9.17) is 0 Å². The van der Waals surface area contributed by atoms with Crippen LogP contribution in [0.3, 0.4) is 0 Å². The van der Waals surface area contributed by atoms with Crippen LogP contribution in [-0.2, 0) is 18.1 Å². The summed E-state index contributed by atoms with van der Waals surface area (Å²) in [5.74, 6) is 0. The van der Waals surface area contributed by atoms with Crippen molar-refractivity contribution in [3.63, 3.8) is 0 Å². The van der Waals surface area contributed by atoms with E-state index in [9.17, 15) is 6.63 Å². The summed E-state index contributed by atoms with van der Waals surface area (Å²) >= 11 is -2.88. The molecule has 0 heterocycles. The molecule has 0 aromatic heterocycles. The first-order valence-electron chi connectivity index (χ1n) is 2.80. The molecule has 0 bridgehead atoms. The zero-order chi connectivity index (χ0) is 7.82. The van der Waals surface area contributed by atoms with Gasteiger partial charge in [-0.25, -0.2) is 0 Å². The van der Waals surface area contributed by atoms with E-state index in [-0.39, 0.29) is 17.0 Å². The van der Waals surface area contributed by atoms with Crippen LogP contribution in [0.5, 0.6) is 0 Å². The summed E-state index contributed by atoms with van der Waals surface area (Å²) in [6, 6.07) is 9.87. The van der Waals surface area contributed by atoms with E-state index in [1.807, 2.05) is 30.3 Å². The molecule has 0 amide bonds. The summed E-state index contributed by atoms with van der Waals surface area (Å²) in [5.41, 5.74) is 1.07. The van der Waals surface area contributed by atoms with E-state index < -0.39 is 18.1 Å². The maximum absolute atomic E-state index is 9.81. The molecule has 0 saturated carbocycles. The molecule has 0 atom stereocenters. The summed E-state index contributed by atoms with van der Waals surface area (Å²) in [6.45, 7) is 3.72. The van der Waals surface area contributed by atoms with Gasteiger partial charge in [-0.3, -0.25) is 0 Å². The third kappa shape index (κ3) is 10.1. The van der Waals surface area contributed by atoms with E-state index in [1.54, 1.807) is 0 Å². The Kier molecular flexibility index (Phi) is 12.5. The van der Waals surface area contributed by atoms with Gasteiger partial charge in [-0.1, -0.05) is 6.07 Å². The molecule has 0 aliphatic carbocycles. The second-order valence-corrected chi connectivity index (χ2v) is 2.01. The van der Waals surface area contributed by atoms with Gasteiger partial charge in [0, 0.05) is 0 Å². The van der Waals surface area contributed by atoms with Crippen LogP contribution in [0.2, 0.25) is 0 Å². The van der Waals surface area contributed by atoms with Gasteiger partial charge in [0.05, 0.1) is 0 Å². The van der Waals surface area contributed by atoms with Crippen LogP contribution in [0.1, 0.15) is 5.56 Å². The van der Waals surface area contributed by atoms with Crippen molar-refractivity contribution in [1.82, 2.24) is 0 Å². The molecule has 0 fully saturated rings. The van der Waals surface area contributed by atoms with Crippen LogP contribution in [0.15, 0.2) is 30.3 Å². The third-order valence-corrected chi connectivity index (χ3v) is 0.843. The number of halogens is 3. The topological polar surface area (TPSA) is 0 Å². The van der Waals surface area contributed by atoms with Crippen molar-refractivity contribution >= 4 is 17.0 Å². The van der Waals surface area contributed by atoms with Gasteiger partial charge in [-0.15, -0.1) is 29.1 Å². The number of hydrogen-bond acceptors (Lipinski definition) is 0. The van der Waals surface area contributed by atoms with Crippen molar-refractivity contribution in [3.8, 4) is 0 Å². The zero-order valence-electron chi connectivity index (χ0n) is 5.97. The number of rotatable bonds is 0. The van der Waals surface area contributed by atoms with Crippen LogP contribution < -0.4 is 0 Å². The SMILES string of the molecule is Br.[CH2-]c1ccccc1.[F][Zn][F]. The minimum absolute atomic E-state index is 0. The Morgan fingerprint density at radius 2 is 1.45 bits per heavy atom. The molecule has 0 radical (unpaired) electrons. The summed E-state index contributed by atoms with van der Waals surface area (Å²) in [5, 5.41) is 0. The standard InChI is InChI=1S/C7H7.BrH.2FH.Zn/c1-7-5-3-2-4-6-7;;;;/h2-6H,1H2;3*1H;/q-1;;;;+2/p-2. The van der Waals surface area contributed by atoms with Crippen molar-refractivity contribution in [2.45, 2.75) is 0 Å². The van der Waals surface area contributed by atoms with Gasteiger partial charge in [0.2, 0.25) is 0 Å². The van der Waals surface area contributed by atoms with Gasteiger partial charge in [0.1, 0.15) is 0 Å². The molecule has 0 aliphatic heterocycles. The van der Waals surface area contributed by atoms with Crippen LogP contribution >= 0.6 is 17.0 Å². The molecule has 1 aromatic carbocycles. The normalized spacial score (nSPS) is 6.36. The average molecular weight is 275 g/mol. The Morgan fingerprint density at radius 1 is 1.09 bits per heavy atom. The molecule has 11 heavy (non-hydrogen) atoms. The Balaban J connectivity index is 0. The Bertz CT molecular complexity index is 158. The molecule has 60 valence electrons. The summed E-state index contributed by atoms with van der Waals surface area (Å²) in [4.78, 5) is 0. The predicted molar refractivity (Wildman–Crippen MR) is 43.4 cm³/mol. The first-order chi connectivity index (χ1) is 4.81. The van der Waals surface area contributed by atoms with Gasteiger partial charge in [-0.2, -0.15) is 24.6 Å². The van der Waals surface area contributed by atoms with Gasteiger partial charge >= 0.3 is 24.8 Å².